The van der Waals surface area contributed by atoms with Crippen LogP contribution in [0.5, 0.6) is 0 Å². The van der Waals surface area contributed by atoms with Crippen LogP contribution in [0.3, 0.4) is 0 Å². The molecule has 0 bridgehead atoms. The molecule has 0 N–H and O–H groups in total. The molecule has 0 radical (unpaired) electrons. The molecule has 1 heterocycles. The van der Waals surface area contributed by atoms with Crippen molar-refractivity contribution < 1.29 is 19.5 Å². The van der Waals surface area contributed by atoms with Gasteiger partial charge in [0.1, 0.15) is 11.2 Å². The molecular formula is C46H29NO. The van der Waals surface area contributed by atoms with E-state index in [-0.39, 0.29) is 45.5 Å². The number of hydrogen-bond acceptors (Lipinski definition) is 2. The summed E-state index contributed by atoms with van der Waals surface area (Å²) in [4.78, 5) is 1.28. The standard InChI is InChI=1S/C46H29NO/c1-4-13-37-32(10-1)19-20-35-29-34(24-27-38(35)37)30-21-25-36(26-22-30)47(42-16-7-12-31-9-2-5-14-39(31)42)43-17-8-18-44-45(43)41-28-23-33-11-3-6-15-40(33)46(41)48-44/h1-29H/i2D,5D,7D,9D,12D,14D,16D,21D,22D,25D,26D. The number of fused-ring (bicyclic) bond motifs is 9. The predicted octanol–water partition coefficient (Wildman–Crippen LogP) is 13.3. The van der Waals surface area contributed by atoms with Crippen LogP contribution in [0.25, 0.3) is 76.2 Å². The highest BCUT2D eigenvalue weighted by molar-refractivity contribution is 6.20. The summed E-state index contributed by atoms with van der Waals surface area (Å²) in [5.41, 5.74) is 0.991. The minimum absolute atomic E-state index is 0.0396. The van der Waals surface area contributed by atoms with Gasteiger partial charge in [0.15, 0.2) is 0 Å². The molecule has 2 nitrogen and oxygen atoms in total. The Kier molecular flexibility index (Phi) is 3.99. The van der Waals surface area contributed by atoms with E-state index >= 15 is 0 Å². The second kappa shape index (κ2) is 10.6. The molecule has 9 aromatic carbocycles. The first-order chi connectivity index (χ1) is 28.4. The van der Waals surface area contributed by atoms with Crippen molar-refractivity contribution in [3.05, 3.63) is 176 Å². The van der Waals surface area contributed by atoms with Gasteiger partial charge in [0.2, 0.25) is 0 Å². The Hall–Kier alpha value is -6.38. The van der Waals surface area contributed by atoms with E-state index in [2.05, 4.69) is 0 Å². The molecule has 1 aromatic heterocycles. The zero-order chi connectivity index (χ0) is 41.2. The van der Waals surface area contributed by atoms with Gasteiger partial charge in [-0.3, -0.25) is 0 Å². The fourth-order valence-electron chi connectivity index (χ4n) is 6.77. The van der Waals surface area contributed by atoms with E-state index < -0.39 is 54.4 Å². The van der Waals surface area contributed by atoms with Crippen LogP contribution >= 0.6 is 0 Å². The fraction of sp³-hybridized carbons (Fsp3) is 0. The fourth-order valence-corrected chi connectivity index (χ4v) is 6.77. The van der Waals surface area contributed by atoms with Crippen molar-refractivity contribution in [3.8, 4) is 11.1 Å². The Morgan fingerprint density at radius 3 is 2.04 bits per heavy atom. The number of anilines is 3. The van der Waals surface area contributed by atoms with Crippen LogP contribution in [0.4, 0.5) is 17.1 Å². The first kappa shape index (κ1) is 18.1. The average Bonchev–Trinajstić information content (AvgIpc) is 3.65. The Bertz CT molecular complexity index is 3450. The molecular weight excluding hydrogens is 583 g/mol. The lowest BCUT2D eigenvalue weighted by Gasteiger charge is -2.27. The average molecular weight is 623 g/mol. The maximum atomic E-state index is 9.66. The molecule has 0 aliphatic carbocycles. The molecule has 224 valence electrons. The SMILES string of the molecule is [2H]c1c([2H])c(N(c2c([2H])c([2H])c([2H])c3c([2H])c([2H])c([2H])c([2H])c23)c2cccc3oc4c5ccccc5ccc4c23)c([2H])c([2H])c1-c1ccc2c(ccc3ccccc32)c1. The normalized spacial score (nSPS) is 15.0. The van der Waals surface area contributed by atoms with Crippen molar-refractivity contribution in [1.82, 2.24) is 0 Å². The third-order valence-corrected chi connectivity index (χ3v) is 8.99. The lowest BCUT2D eigenvalue weighted by molar-refractivity contribution is 0.672. The minimum Gasteiger partial charge on any atom is -0.455 e. The third kappa shape index (κ3) is 4.13. The number of nitrogens with zero attached hydrogens (tertiary/aromatic N) is 1. The Balaban J connectivity index is 1.33. The van der Waals surface area contributed by atoms with Gasteiger partial charge in [0.25, 0.3) is 0 Å². The topological polar surface area (TPSA) is 16.4 Å². The summed E-state index contributed by atoms with van der Waals surface area (Å²) < 4.78 is 107. The molecule has 2 heteroatoms. The molecule has 0 spiro atoms. The number of furan rings is 1. The van der Waals surface area contributed by atoms with Gasteiger partial charge in [-0.05, 0) is 85.8 Å². The summed E-state index contributed by atoms with van der Waals surface area (Å²) in [6.07, 6.45) is 0. The summed E-state index contributed by atoms with van der Waals surface area (Å²) in [6, 6.07) is 27.8. The van der Waals surface area contributed by atoms with Gasteiger partial charge in [-0.25, -0.2) is 0 Å². The van der Waals surface area contributed by atoms with Crippen LogP contribution in [0.1, 0.15) is 15.1 Å². The lowest BCUT2D eigenvalue weighted by Crippen LogP contribution is -2.10. The number of benzene rings is 9. The Labute approximate surface area is 293 Å². The van der Waals surface area contributed by atoms with E-state index in [0.717, 1.165) is 32.3 Å². The molecule has 0 fully saturated rings. The van der Waals surface area contributed by atoms with Crippen molar-refractivity contribution in [2.45, 2.75) is 0 Å². The van der Waals surface area contributed by atoms with Gasteiger partial charge in [-0.2, -0.15) is 0 Å². The van der Waals surface area contributed by atoms with E-state index in [0.29, 0.717) is 27.5 Å². The van der Waals surface area contributed by atoms with Gasteiger partial charge in [0.05, 0.1) is 31.8 Å². The van der Waals surface area contributed by atoms with Crippen molar-refractivity contribution in [3.63, 3.8) is 0 Å². The van der Waals surface area contributed by atoms with Crippen molar-refractivity contribution in [2.75, 3.05) is 4.90 Å². The summed E-state index contributed by atoms with van der Waals surface area (Å²) in [5.74, 6) is 0. The maximum absolute atomic E-state index is 9.66. The highest BCUT2D eigenvalue weighted by atomic mass is 16.3. The second-order valence-electron chi connectivity index (χ2n) is 11.7. The predicted molar refractivity (Wildman–Crippen MR) is 204 cm³/mol. The van der Waals surface area contributed by atoms with E-state index in [1.54, 1.807) is 24.3 Å². The molecule has 48 heavy (non-hydrogen) atoms. The molecule has 0 atom stereocenters. The largest absolute Gasteiger partial charge is 0.455 e. The number of hydrogen-bond donors (Lipinski definition) is 0. The lowest BCUT2D eigenvalue weighted by atomic mass is 9.97. The maximum Gasteiger partial charge on any atom is 0.143 e. The van der Waals surface area contributed by atoms with Crippen LogP contribution in [0.15, 0.2) is 180 Å². The molecule has 0 unspecified atom stereocenters. The monoisotopic (exact) mass is 622 g/mol. The number of rotatable bonds is 4. The molecule has 10 aromatic rings. The van der Waals surface area contributed by atoms with E-state index in [1.165, 1.54) is 4.90 Å². The van der Waals surface area contributed by atoms with Gasteiger partial charge in [-0.15, -0.1) is 0 Å². The Morgan fingerprint density at radius 1 is 0.438 bits per heavy atom. The molecule has 0 aliphatic rings. The summed E-state index contributed by atoms with van der Waals surface area (Å²) >= 11 is 0. The minimum atomic E-state index is -0.645. The van der Waals surface area contributed by atoms with Gasteiger partial charge in [0, 0.05) is 21.8 Å². The first-order valence-electron chi connectivity index (χ1n) is 21.0. The summed E-state index contributed by atoms with van der Waals surface area (Å²) in [7, 11) is 0. The highest BCUT2D eigenvalue weighted by Crippen LogP contribution is 2.46. The summed E-state index contributed by atoms with van der Waals surface area (Å²) in [5, 5.41) is 6.09. The quantitative estimate of drug-likeness (QED) is 0.182. The van der Waals surface area contributed by atoms with Crippen molar-refractivity contribution in [2.24, 2.45) is 0 Å². The van der Waals surface area contributed by atoms with Crippen LogP contribution in [-0.2, 0) is 0 Å². The van der Waals surface area contributed by atoms with E-state index in [9.17, 15) is 6.85 Å². The second-order valence-corrected chi connectivity index (χ2v) is 11.7. The van der Waals surface area contributed by atoms with Crippen molar-refractivity contribution >= 4 is 82.1 Å². The van der Waals surface area contributed by atoms with Crippen LogP contribution in [-0.4, -0.2) is 0 Å². The Morgan fingerprint density at radius 2 is 1.15 bits per heavy atom. The van der Waals surface area contributed by atoms with Gasteiger partial charge in [-0.1, -0.05) is 133 Å². The van der Waals surface area contributed by atoms with Crippen LogP contribution < -0.4 is 4.90 Å². The first-order valence-corrected chi connectivity index (χ1v) is 15.5. The van der Waals surface area contributed by atoms with Crippen LogP contribution in [0, 0.1) is 0 Å². The van der Waals surface area contributed by atoms with Gasteiger partial charge < -0.3 is 9.32 Å². The smallest absolute Gasteiger partial charge is 0.143 e. The van der Waals surface area contributed by atoms with Gasteiger partial charge >= 0.3 is 0 Å². The molecule has 0 aliphatic heterocycles. The third-order valence-electron chi connectivity index (χ3n) is 8.99. The zero-order valence-corrected chi connectivity index (χ0v) is 25.2. The van der Waals surface area contributed by atoms with Crippen LogP contribution in [0.2, 0.25) is 0 Å². The highest BCUT2D eigenvalue weighted by Gasteiger charge is 2.21. The molecule has 0 saturated carbocycles. The van der Waals surface area contributed by atoms with Crippen molar-refractivity contribution in [1.29, 1.82) is 0 Å². The van der Waals surface area contributed by atoms with E-state index in [1.807, 2.05) is 84.9 Å². The van der Waals surface area contributed by atoms with E-state index in [4.69, 9.17) is 12.6 Å². The summed E-state index contributed by atoms with van der Waals surface area (Å²) in [6.45, 7) is 0. The molecule has 0 amide bonds. The zero-order valence-electron chi connectivity index (χ0n) is 36.2. The molecule has 10 rings (SSSR count). The molecule has 0 saturated heterocycles.